The van der Waals surface area contributed by atoms with Gasteiger partial charge in [-0.2, -0.15) is 0 Å². The Bertz CT molecular complexity index is 840. The highest BCUT2D eigenvalue weighted by atomic mass is 31.2. The SMILES string of the molecule is [CH2][CH]COP(=O)(O)OCCNCCCCNC/C=C(C)/C=C/C=C(C)/C=C/C1=C(C)CCCC1(C)C. The second-order valence-electron chi connectivity index (χ2n) is 10.0. The molecule has 0 bridgehead atoms. The summed E-state index contributed by atoms with van der Waals surface area (Å²) in [5.41, 5.74) is 5.80. The van der Waals surface area contributed by atoms with E-state index in [1.54, 1.807) is 0 Å². The molecule has 0 aromatic heterocycles. The van der Waals surface area contributed by atoms with Gasteiger partial charge in [0.25, 0.3) is 0 Å². The van der Waals surface area contributed by atoms with Crippen LogP contribution in [0.15, 0.2) is 58.7 Å². The second kappa shape index (κ2) is 18.1. The summed E-state index contributed by atoms with van der Waals surface area (Å²) in [6, 6.07) is 0. The molecular formula is C29H49N2O4P. The van der Waals surface area contributed by atoms with Crippen molar-refractivity contribution in [3.63, 3.8) is 0 Å². The number of hydrogen-bond acceptors (Lipinski definition) is 5. The molecule has 1 unspecified atom stereocenters. The van der Waals surface area contributed by atoms with E-state index >= 15 is 0 Å². The number of rotatable bonds is 18. The van der Waals surface area contributed by atoms with Gasteiger partial charge in [-0.3, -0.25) is 9.05 Å². The zero-order valence-electron chi connectivity index (χ0n) is 23.1. The van der Waals surface area contributed by atoms with Crippen molar-refractivity contribution in [1.29, 1.82) is 0 Å². The molecule has 6 nitrogen and oxygen atoms in total. The van der Waals surface area contributed by atoms with Crippen molar-refractivity contribution in [2.45, 2.75) is 66.7 Å². The molecule has 0 aromatic rings. The molecule has 0 spiro atoms. The summed E-state index contributed by atoms with van der Waals surface area (Å²) in [6.07, 6.45) is 20.5. The third-order valence-electron chi connectivity index (χ3n) is 6.19. The Labute approximate surface area is 220 Å². The van der Waals surface area contributed by atoms with Crippen LogP contribution in [0.1, 0.15) is 66.7 Å². The van der Waals surface area contributed by atoms with Crippen molar-refractivity contribution in [3.05, 3.63) is 72.1 Å². The zero-order chi connectivity index (χ0) is 26.9. The smallest absolute Gasteiger partial charge is 0.314 e. The first kappa shape index (κ1) is 32.8. The van der Waals surface area contributed by atoms with Crippen molar-refractivity contribution in [1.82, 2.24) is 10.6 Å². The largest absolute Gasteiger partial charge is 0.472 e. The van der Waals surface area contributed by atoms with Crippen LogP contribution in [0.3, 0.4) is 0 Å². The maximum Gasteiger partial charge on any atom is 0.472 e. The van der Waals surface area contributed by atoms with Crippen LogP contribution in [0.4, 0.5) is 0 Å². The number of phosphoric acid groups is 1. The van der Waals surface area contributed by atoms with Gasteiger partial charge >= 0.3 is 7.82 Å². The van der Waals surface area contributed by atoms with Gasteiger partial charge in [-0.05, 0) is 90.3 Å². The molecular weight excluding hydrogens is 471 g/mol. The summed E-state index contributed by atoms with van der Waals surface area (Å²) in [5, 5.41) is 6.63. The lowest BCUT2D eigenvalue weighted by molar-refractivity contribution is 0.159. The number of unbranched alkanes of at least 4 members (excludes halogenated alkanes) is 1. The Balaban J connectivity index is 2.17. The fourth-order valence-electron chi connectivity index (χ4n) is 4.08. The molecule has 36 heavy (non-hydrogen) atoms. The van der Waals surface area contributed by atoms with Crippen molar-refractivity contribution in [2.75, 3.05) is 39.4 Å². The molecule has 0 amide bonds. The Hall–Kier alpha value is -1.27. The second-order valence-corrected chi connectivity index (χ2v) is 11.5. The van der Waals surface area contributed by atoms with Gasteiger partial charge < -0.3 is 15.5 Å². The lowest BCUT2D eigenvalue weighted by Gasteiger charge is -2.32. The molecule has 1 atom stereocenters. The molecule has 3 N–H and O–H groups in total. The average molecular weight is 521 g/mol. The van der Waals surface area contributed by atoms with Crippen LogP contribution < -0.4 is 10.6 Å². The summed E-state index contributed by atoms with van der Waals surface area (Å²) in [5.74, 6) is 0. The topological polar surface area (TPSA) is 79.8 Å². The molecule has 7 heteroatoms. The van der Waals surface area contributed by atoms with Crippen LogP contribution in [-0.2, 0) is 13.6 Å². The van der Waals surface area contributed by atoms with Gasteiger partial charge in [0.15, 0.2) is 0 Å². The summed E-state index contributed by atoms with van der Waals surface area (Å²) < 4.78 is 21.0. The van der Waals surface area contributed by atoms with E-state index in [-0.39, 0.29) is 18.6 Å². The first-order valence-electron chi connectivity index (χ1n) is 13.1. The molecule has 0 aromatic carbocycles. The van der Waals surface area contributed by atoms with Gasteiger partial charge in [-0.25, -0.2) is 4.57 Å². The van der Waals surface area contributed by atoms with E-state index in [0.717, 1.165) is 32.5 Å². The Kier molecular flexibility index (Phi) is 16.4. The first-order valence-corrected chi connectivity index (χ1v) is 14.6. The maximum atomic E-state index is 11.5. The van der Waals surface area contributed by atoms with Gasteiger partial charge in [0.05, 0.1) is 13.2 Å². The number of phosphoric ester groups is 1. The van der Waals surface area contributed by atoms with E-state index in [4.69, 9.17) is 4.52 Å². The molecule has 0 fully saturated rings. The summed E-state index contributed by atoms with van der Waals surface area (Å²) in [6.45, 7) is 17.9. The zero-order valence-corrected chi connectivity index (χ0v) is 24.0. The van der Waals surface area contributed by atoms with Crippen molar-refractivity contribution < 1.29 is 18.5 Å². The number of nitrogens with one attached hydrogen (secondary N) is 2. The van der Waals surface area contributed by atoms with Gasteiger partial charge in [0, 0.05) is 13.1 Å². The van der Waals surface area contributed by atoms with Crippen molar-refractivity contribution >= 4 is 7.82 Å². The van der Waals surface area contributed by atoms with Crippen molar-refractivity contribution in [3.8, 4) is 0 Å². The highest BCUT2D eigenvalue weighted by Gasteiger charge is 2.26. The van der Waals surface area contributed by atoms with E-state index in [1.165, 1.54) is 48.0 Å². The summed E-state index contributed by atoms with van der Waals surface area (Å²) in [7, 11) is -3.96. The van der Waals surface area contributed by atoms with Crippen LogP contribution in [0.25, 0.3) is 0 Å². The molecule has 2 radical (unpaired) electrons. The van der Waals surface area contributed by atoms with Crippen LogP contribution in [0.2, 0.25) is 0 Å². The molecule has 204 valence electrons. The van der Waals surface area contributed by atoms with E-state index in [9.17, 15) is 9.46 Å². The normalized spacial score (nSPS) is 19.0. The van der Waals surface area contributed by atoms with E-state index < -0.39 is 7.82 Å². The third-order valence-corrected chi connectivity index (χ3v) is 7.17. The quantitative estimate of drug-likeness (QED) is 0.107. The van der Waals surface area contributed by atoms with Crippen LogP contribution in [-0.4, -0.2) is 44.3 Å². The lowest BCUT2D eigenvalue weighted by Crippen LogP contribution is -2.22. The van der Waals surface area contributed by atoms with Crippen LogP contribution in [0, 0.1) is 18.8 Å². The van der Waals surface area contributed by atoms with Crippen molar-refractivity contribution in [2.24, 2.45) is 5.41 Å². The molecule has 0 heterocycles. The standard InChI is InChI=1S/C29H49N2O4P/c1-7-23-34-36(32,33)35-24-22-31-20-9-8-19-30-21-17-26(3)13-10-12-25(2)15-16-28-27(4)14-11-18-29(28,5)6/h7,10,12-13,15-17,30-31H,1,8-9,11,14,18-24H2,2-6H3,(H,32,33)/b13-10+,16-15+,25-12+,26-17+. The maximum absolute atomic E-state index is 11.5. The van der Waals surface area contributed by atoms with Crippen LogP contribution >= 0.6 is 7.82 Å². The third kappa shape index (κ3) is 15.1. The number of hydrogen-bond donors (Lipinski definition) is 3. The minimum Gasteiger partial charge on any atom is -0.314 e. The van der Waals surface area contributed by atoms with Crippen LogP contribution in [0.5, 0.6) is 0 Å². The minimum atomic E-state index is -3.96. The first-order chi connectivity index (χ1) is 17.1. The molecule has 1 aliphatic carbocycles. The highest BCUT2D eigenvalue weighted by Crippen LogP contribution is 2.43. The fourth-order valence-corrected chi connectivity index (χ4v) is 4.77. The van der Waals surface area contributed by atoms with Gasteiger partial charge in [0.1, 0.15) is 0 Å². The molecule has 0 saturated carbocycles. The monoisotopic (exact) mass is 520 g/mol. The van der Waals surface area contributed by atoms with E-state index in [2.05, 4.69) is 93.2 Å². The highest BCUT2D eigenvalue weighted by molar-refractivity contribution is 7.47. The molecule has 1 aliphatic rings. The molecule has 0 aliphatic heterocycles. The van der Waals surface area contributed by atoms with Gasteiger partial charge in [-0.15, -0.1) is 0 Å². The summed E-state index contributed by atoms with van der Waals surface area (Å²) in [4.78, 5) is 9.38. The van der Waals surface area contributed by atoms with E-state index in [0.29, 0.717) is 6.54 Å². The van der Waals surface area contributed by atoms with Gasteiger partial charge in [-0.1, -0.05) is 67.0 Å². The predicted octanol–water partition coefficient (Wildman–Crippen LogP) is 6.65. The summed E-state index contributed by atoms with van der Waals surface area (Å²) >= 11 is 0. The van der Waals surface area contributed by atoms with E-state index in [1.807, 2.05) is 0 Å². The Morgan fingerprint density at radius 2 is 1.83 bits per heavy atom. The average Bonchev–Trinajstić information content (AvgIpc) is 2.80. The lowest BCUT2D eigenvalue weighted by atomic mass is 9.72. The molecule has 0 saturated heterocycles. The minimum absolute atomic E-state index is 0.00922. The molecule has 1 rings (SSSR count). The fraction of sp³-hybridized carbons (Fsp3) is 0.586. The van der Waals surface area contributed by atoms with Gasteiger partial charge in [0.2, 0.25) is 0 Å². The predicted molar refractivity (Wildman–Crippen MR) is 152 cm³/mol. The number of allylic oxidation sites excluding steroid dienone is 9. The Morgan fingerprint density at radius 1 is 1.11 bits per heavy atom. The Morgan fingerprint density at radius 3 is 2.53 bits per heavy atom.